The van der Waals surface area contributed by atoms with Crippen LogP contribution in [0.15, 0.2) is 18.2 Å². The van der Waals surface area contributed by atoms with Crippen LogP contribution in [0.1, 0.15) is 31.9 Å². The fraction of sp³-hybridized carbons (Fsp3) is 0.562. The zero-order valence-electron chi connectivity index (χ0n) is 12.2. The predicted octanol–water partition coefficient (Wildman–Crippen LogP) is 3.24. The van der Waals surface area contributed by atoms with Crippen molar-refractivity contribution in [2.24, 2.45) is 5.41 Å². The van der Waals surface area contributed by atoms with Crippen LogP contribution < -0.4 is 5.32 Å². The van der Waals surface area contributed by atoms with E-state index in [1.807, 2.05) is 0 Å². The average Bonchev–Trinajstić information content (AvgIpc) is 2.29. The topological polar surface area (TPSA) is 45.0 Å². The van der Waals surface area contributed by atoms with Crippen molar-refractivity contribution in [3.8, 4) is 6.07 Å². The van der Waals surface area contributed by atoms with Crippen LogP contribution in [0.25, 0.3) is 0 Å². The van der Waals surface area contributed by atoms with Crippen molar-refractivity contribution in [2.45, 2.75) is 33.1 Å². The number of nitriles is 1. The summed E-state index contributed by atoms with van der Waals surface area (Å²) in [5.74, 6) is 0. The summed E-state index contributed by atoms with van der Waals surface area (Å²) >= 11 is 0. The van der Waals surface area contributed by atoms with Crippen molar-refractivity contribution < 1.29 is 4.74 Å². The summed E-state index contributed by atoms with van der Waals surface area (Å²) in [6.07, 6.45) is 0. The minimum Gasteiger partial charge on any atom is -0.383 e. The van der Waals surface area contributed by atoms with Crippen LogP contribution in [0, 0.1) is 23.7 Å². The van der Waals surface area contributed by atoms with Gasteiger partial charge in [-0.2, -0.15) is 5.26 Å². The fourth-order valence-electron chi connectivity index (χ4n) is 2.10. The Kier molecular flexibility index (Phi) is 3.56. The molecule has 1 N–H and O–H groups in total. The number of anilines is 1. The van der Waals surface area contributed by atoms with Crippen LogP contribution >= 0.6 is 0 Å². The molecule has 0 atom stereocenters. The Morgan fingerprint density at radius 2 is 2.05 bits per heavy atom. The summed E-state index contributed by atoms with van der Waals surface area (Å²) in [6, 6.07) is 8.87. The van der Waals surface area contributed by atoms with Gasteiger partial charge in [-0.05, 0) is 29.5 Å². The lowest BCUT2D eigenvalue weighted by Gasteiger charge is -2.35. The molecule has 0 radical (unpaired) electrons. The monoisotopic (exact) mass is 258 g/mol. The Balaban J connectivity index is 2.14. The van der Waals surface area contributed by atoms with Gasteiger partial charge in [0.1, 0.15) is 5.41 Å². The van der Waals surface area contributed by atoms with Crippen LogP contribution in [0.2, 0.25) is 0 Å². The Labute approximate surface area is 115 Å². The Morgan fingerprint density at radius 3 is 2.53 bits per heavy atom. The van der Waals surface area contributed by atoms with E-state index in [0.29, 0.717) is 19.8 Å². The smallest absolute Gasteiger partial charge is 0.121 e. The lowest BCUT2D eigenvalue weighted by molar-refractivity contribution is -0.0690. The molecule has 0 aromatic heterocycles. The van der Waals surface area contributed by atoms with Gasteiger partial charge in [0, 0.05) is 12.2 Å². The molecule has 0 spiro atoms. The highest BCUT2D eigenvalue weighted by atomic mass is 16.5. The van der Waals surface area contributed by atoms with E-state index in [1.165, 1.54) is 11.1 Å². The highest BCUT2D eigenvalue weighted by Gasteiger charge is 2.38. The van der Waals surface area contributed by atoms with E-state index in [1.54, 1.807) is 0 Å². The number of nitrogens with one attached hydrogen (secondary N) is 1. The van der Waals surface area contributed by atoms with Crippen molar-refractivity contribution in [1.82, 2.24) is 0 Å². The van der Waals surface area contributed by atoms with Crippen molar-refractivity contribution in [3.05, 3.63) is 29.3 Å². The Bertz CT molecular complexity index is 504. The van der Waals surface area contributed by atoms with Gasteiger partial charge in [0.2, 0.25) is 0 Å². The first kappa shape index (κ1) is 13.9. The molecule has 1 saturated heterocycles. The molecule has 0 aliphatic carbocycles. The number of hydrogen-bond donors (Lipinski definition) is 1. The molecule has 1 aliphatic heterocycles. The van der Waals surface area contributed by atoms with E-state index in [0.717, 1.165) is 5.69 Å². The molecule has 3 nitrogen and oxygen atoms in total. The molecule has 1 aromatic rings. The summed E-state index contributed by atoms with van der Waals surface area (Å²) in [5, 5.41) is 12.6. The molecule has 0 saturated carbocycles. The largest absolute Gasteiger partial charge is 0.383 e. The molecule has 2 rings (SSSR count). The third kappa shape index (κ3) is 2.90. The predicted molar refractivity (Wildman–Crippen MR) is 77.2 cm³/mol. The SMILES string of the molecule is Cc1ccc(C(C)(C)C)cc1NCC1(C#N)COC1. The lowest BCUT2D eigenvalue weighted by Crippen LogP contribution is -2.46. The number of hydrogen-bond acceptors (Lipinski definition) is 3. The second-order valence-electron chi connectivity index (χ2n) is 6.52. The van der Waals surface area contributed by atoms with Crippen molar-refractivity contribution in [2.75, 3.05) is 25.1 Å². The molecule has 3 heteroatoms. The van der Waals surface area contributed by atoms with Gasteiger partial charge in [-0.25, -0.2) is 0 Å². The molecule has 0 bridgehead atoms. The first-order valence-electron chi connectivity index (χ1n) is 6.70. The van der Waals surface area contributed by atoms with Crippen LogP contribution in [-0.4, -0.2) is 19.8 Å². The normalized spacial score (nSPS) is 17.4. The van der Waals surface area contributed by atoms with Gasteiger partial charge in [0.05, 0.1) is 19.3 Å². The maximum atomic E-state index is 9.20. The van der Waals surface area contributed by atoms with Gasteiger partial charge in [-0.3, -0.25) is 0 Å². The van der Waals surface area contributed by atoms with E-state index in [-0.39, 0.29) is 10.8 Å². The maximum absolute atomic E-state index is 9.20. The zero-order chi connectivity index (χ0) is 14.1. The van der Waals surface area contributed by atoms with Crippen molar-refractivity contribution in [3.63, 3.8) is 0 Å². The number of benzene rings is 1. The molecule has 1 fully saturated rings. The van der Waals surface area contributed by atoms with Crippen molar-refractivity contribution >= 4 is 5.69 Å². The molecule has 0 unspecified atom stereocenters. The summed E-state index contributed by atoms with van der Waals surface area (Å²) in [4.78, 5) is 0. The first-order chi connectivity index (χ1) is 8.86. The first-order valence-corrected chi connectivity index (χ1v) is 6.70. The van der Waals surface area contributed by atoms with Crippen LogP contribution in [0.5, 0.6) is 0 Å². The third-order valence-corrected chi connectivity index (χ3v) is 3.71. The minimum atomic E-state index is -0.343. The average molecular weight is 258 g/mol. The van der Waals surface area contributed by atoms with Gasteiger partial charge in [-0.15, -0.1) is 0 Å². The maximum Gasteiger partial charge on any atom is 0.121 e. The van der Waals surface area contributed by atoms with Crippen LogP contribution in [0.4, 0.5) is 5.69 Å². The van der Waals surface area contributed by atoms with E-state index in [9.17, 15) is 5.26 Å². The van der Waals surface area contributed by atoms with E-state index >= 15 is 0 Å². The fourth-order valence-corrected chi connectivity index (χ4v) is 2.10. The van der Waals surface area contributed by atoms with E-state index < -0.39 is 0 Å². The van der Waals surface area contributed by atoms with Gasteiger partial charge >= 0.3 is 0 Å². The highest BCUT2D eigenvalue weighted by molar-refractivity contribution is 5.54. The molecule has 1 aromatic carbocycles. The summed E-state index contributed by atoms with van der Waals surface area (Å²) in [5.41, 5.74) is 3.42. The van der Waals surface area contributed by atoms with Crippen LogP contribution in [0.3, 0.4) is 0 Å². The number of ether oxygens (including phenoxy) is 1. The standard InChI is InChI=1S/C16H22N2O/c1-12-5-6-13(15(2,3)4)7-14(12)18-9-16(8-17)10-19-11-16/h5-7,18H,9-11H2,1-4H3. The second kappa shape index (κ2) is 4.86. The third-order valence-electron chi connectivity index (χ3n) is 3.71. The number of nitrogens with zero attached hydrogens (tertiary/aromatic N) is 1. The zero-order valence-corrected chi connectivity index (χ0v) is 12.2. The highest BCUT2D eigenvalue weighted by Crippen LogP contribution is 2.30. The molecule has 102 valence electrons. The van der Waals surface area contributed by atoms with Crippen LogP contribution in [-0.2, 0) is 10.2 Å². The molecule has 1 heterocycles. The van der Waals surface area contributed by atoms with E-state index in [4.69, 9.17) is 4.74 Å². The van der Waals surface area contributed by atoms with Gasteiger partial charge in [0.25, 0.3) is 0 Å². The summed E-state index contributed by atoms with van der Waals surface area (Å²) in [7, 11) is 0. The minimum absolute atomic E-state index is 0.136. The van der Waals surface area contributed by atoms with E-state index in [2.05, 4.69) is 57.3 Å². The lowest BCUT2D eigenvalue weighted by atomic mass is 9.85. The Morgan fingerprint density at radius 1 is 1.37 bits per heavy atom. The molecule has 1 aliphatic rings. The molecular weight excluding hydrogens is 236 g/mol. The quantitative estimate of drug-likeness (QED) is 0.905. The second-order valence-corrected chi connectivity index (χ2v) is 6.52. The van der Waals surface area contributed by atoms with Gasteiger partial charge in [-0.1, -0.05) is 32.9 Å². The summed E-state index contributed by atoms with van der Waals surface area (Å²) in [6.45, 7) is 10.4. The van der Waals surface area contributed by atoms with Gasteiger partial charge < -0.3 is 10.1 Å². The number of rotatable bonds is 3. The van der Waals surface area contributed by atoms with Gasteiger partial charge in [0.15, 0.2) is 0 Å². The molecular formula is C16H22N2O. The molecule has 19 heavy (non-hydrogen) atoms. The Hall–Kier alpha value is -1.53. The number of aryl methyl sites for hydroxylation is 1. The van der Waals surface area contributed by atoms with Crippen molar-refractivity contribution in [1.29, 1.82) is 5.26 Å². The molecule has 0 amide bonds. The summed E-state index contributed by atoms with van der Waals surface area (Å²) < 4.78 is 5.16.